The summed E-state index contributed by atoms with van der Waals surface area (Å²) in [5.74, 6) is -0.618. The number of sulfonamides is 1. The van der Waals surface area contributed by atoms with Gasteiger partial charge in [-0.05, 0) is 86.0 Å². The zero-order valence-corrected chi connectivity index (χ0v) is 24.0. The summed E-state index contributed by atoms with van der Waals surface area (Å²) in [5, 5.41) is 6.04. The molecular weight excluding hydrogens is 578 g/mol. The first kappa shape index (κ1) is 28.7. The highest BCUT2D eigenvalue weighted by atomic mass is 79.9. The lowest BCUT2D eigenvalue weighted by Gasteiger charge is -2.25. The lowest BCUT2D eigenvalue weighted by atomic mass is 10.1. The van der Waals surface area contributed by atoms with Crippen molar-refractivity contribution in [3.63, 3.8) is 0 Å². The summed E-state index contributed by atoms with van der Waals surface area (Å²) in [5.41, 5.74) is 3.70. The standard InChI is InChI=1S/C27H29BrClN3O4S/c1-18-15-19(2)17-22(16-18)32(37(35,36)23-9-7-21(28)8-10-23)14-12-26(33)30-13-11-27(34)31-25-6-4-5-24(29)20(25)3/h4-10,15-17H,11-14H2,1-3H3,(H,30,33)(H,31,34). The normalized spacial score (nSPS) is 11.2. The molecule has 0 aliphatic carbocycles. The molecule has 10 heteroatoms. The minimum atomic E-state index is -3.92. The summed E-state index contributed by atoms with van der Waals surface area (Å²) in [6.45, 7) is 5.66. The van der Waals surface area contributed by atoms with Crippen LogP contribution in [-0.4, -0.2) is 33.3 Å². The van der Waals surface area contributed by atoms with E-state index in [-0.39, 0.29) is 42.6 Å². The van der Waals surface area contributed by atoms with Gasteiger partial charge in [-0.2, -0.15) is 0 Å². The molecule has 3 rings (SSSR count). The summed E-state index contributed by atoms with van der Waals surface area (Å²) in [4.78, 5) is 25.0. The number of nitrogens with zero attached hydrogens (tertiary/aromatic N) is 1. The lowest BCUT2D eigenvalue weighted by molar-refractivity contribution is -0.121. The second kappa shape index (κ2) is 12.6. The highest BCUT2D eigenvalue weighted by molar-refractivity contribution is 9.10. The van der Waals surface area contributed by atoms with Gasteiger partial charge in [-0.1, -0.05) is 39.7 Å². The molecule has 0 saturated heterocycles. The Hall–Kier alpha value is -2.88. The molecule has 2 amide bonds. The molecule has 196 valence electrons. The summed E-state index contributed by atoms with van der Waals surface area (Å²) < 4.78 is 29.1. The largest absolute Gasteiger partial charge is 0.356 e. The summed E-state index contributed by atoms with van der Waals surface area (Å²) >= 11 is 9.41. The third kappa shape index (κ3) is 7.80. The number of rotatable bonds is 10. The van der Waals surface area contributed by atoms with Crippen LogP contribution in [0.2, 0.25) is 5.02 Å². The number of hydrogen-bond acceptors (Lipinski definition) is 4. The first-order valence-corrected chi connectivity index (χ1v) is 14.3. The number of nitrogens with one attached hydrogen (secondary N) is 2. The number of carbonyl (C=O) groups excluding carboxylic acids is 2. The van der Waals surface area contributed by atoms with E-state index in [4.69, 9.17) is 11.6 Å². The van der Waals surface area contributed by atoms with Gasteiger partial charge in [-0.15, -0.1) is 0 Å². The average molecular weight is 607 g/mol. The molecule has 0 unspecified atom stereocenters. The number of amides is 2. The molecule has 0 heterocycles. The number of benzene rings is 3. The number of hydrogen-bond donors (Lipinski definition) is 2. The minimum absolute atomic E-state index is 0.0545. The van der Waals surface area contributed by atoms with E-state index < -0.39 is 10.0 Å². The molecule has 0 aliphatic rings. The van der Waals surface area contributed by atoms with E-state index in [2.05, 4.69) is 26.6 Å². The van der Waals surface area contributed by atoms with Crippen LogP contribution in [0.5, 0.6) is 0 Å². The maximum absolute atomic E-state index is 13.5. The fraction of sp³-hybridized carbons (Fsp3) is 0.259. The van der Waals surface area contributed by atoms with Crippen molar-refractivity contribution in [2.75, 3.05) is 22.7 Å². The van der Waals surface area contributed by atoms with Crippen LogP contribution in [0.4, 0.5) is 11.4 Å². The van der Waals surface area contributed by atoms with E-state index >= 15 is 0 Å². The Kier molecular flexibility index (Phi) is 9.75. The van der Waals surface area contributed by atoms with Crippen LogP contribution in [0.3, 0.4) is 0 Å². The Bertz CT molecular complexity index is 1380. The van der Waals surface area contributed by atoms with E-state index in [0.29, 0.717) is 16.4 Å². The average Bonchev–Trinajstić information content (AvgIpc) is 2.82. The Morgan fingerprint density at radius 2 is 1.57 bits per heavy atom. The molecule has 0 aliphatic heterocycles. The predicted octanol–water partition coefficient (Wildman–Crippen LogP) is 5.76. The van der Waals surface area contributed by atoms with Crippen molar-refractivity contribution in [3.8, 4) is 0 Å². The fourth-order valence-electron chi connectivity index (χ4n) is 3.78. The number of halogens is 2. The Labute approximate surface area is 231 Å². The molecule has 0 saturated carbocycles. The zero-order valence-electron chi connectivity index (χ0n) is 20.8. The summed E-state index contributed by atoms with van der Waals surface area (Å²) in [6, 6.07) is 17.1. The van der Waals surface area contributed by atoms with Gasteiger partial charge in [-0.3, -0.25) is 13.9 Å². The maximum atomic E-state index is 13.5. The van der Waals surface area contributed by atoms with Crippen molar-refractivity contribution in [1.29, 1.82) is 0 Å². The smallest absolute Gasteiger partial charge is 0.264 e. The van der Waals surface area contributed by atoms with Gasteiger partial charge in [0, 0.05) is 41.1 Å². The zero-order chi connectivity index (χ0) is 27.2. The van der Waals surface area contributed by atoms with Gasteiger partial charge in [0.25, 0.3) is 10.0 Å². The van der Waals surface area contributed by atoms with Crippen LogP contribution < -0.4 is 14.9 Å². The van der Waals surface area contributed by atoms with Crippen LogP contribution >= 0.6 is 27.5 Å². The molecule has 0 atom stereocenters. The van der Waals surface area contributed by atoms with E-state index in [0.717, 1.165) is 21.2 Å². The topological polar surface area (TPSA) is 95.6 Å². The van der Waals surface area contributed by atoms with Crippen LogP contribution in [-0.2, 0) is 19.6 Å². The van der Waals surface area contributed by atoms with Gasteiger partial charge in [-0.25, -0.2) is 8.42 Å². The van der Waals surface area contributed by atoms with E-state index in [1.165, 1.54) is 16.4 Å². The molecule has 0 radical (unpaired) electrons. The van der Waals surface area contributed by atoms with E-state index in [1.54, 1.807) is 42.5 Å². The fourth-order valence-corrected chi connectivity index (χ4v) is 5.67. The molecule has 3 aromatic rings. The first-order chi connectivity index (χ1) is 17.5. The molecule has 0 aromatic heterocycles. The van der Waals surface area contributed by atoms with Crippen molar-refractivity contribution >= 4 is 60.7 Å². The minimum Gasteiger partial charge on any atom is -0.356 e. The molecule has 0 fully saturated rings. The Morgan fingerprint density at radius 3 is 2.22 bits per heavy atom. The van der Waals surface area contributed by atoms with Crippen molar-refractivity contribution in [3.05, 3.63) is 86.8 Å². The van der Waals surface area contributed by atoms with Crippen LogP contribution in [0.15, 0.2) is 70.0 Å². The number of aryl methyl sites for hydroxylation is 2. The quantitative estimate of drug-likeness (QED) is 0.307. The number of anilines is 2. The monoisotopic (exact) mass is 605 g/mol. The number of carbonyl (C=O) groups is 2. The van der Waals surface area contributed by atoms with Gasteiger partial charge in [0.1, 0.15) is 0 Å². The van der Waals surface area contributed by atoms with Gasteiger partial charge in [0.15, 0.2) is 0 Å². The van der Waals surface area contributed by atoms with Crippen molar-refractivity contribution in [2.45, 2.75) is 38.5 Å². The van der Waals surface area contributed by atoms with Crippen LogP contribution in [0.1, 0.15) is 29.5 Å². The first-order valence-electron chi connectivity index (χ1n) is 11.7. The maximum Gasteiger partial charge on any atom is 0.264 e. The molecule has 7 nitrogen and oxygen atoms in total. The third-order valence-electron chi connectivity index (χ3n) is 5.65. The Morgan fingerprint density at radius 1 is 0.919 bits per heavy atom. The predicted molar refractivity (Wildman–Crippen MR) is 152 cm³/mol. The second-order valence-electron chi connectivity index (χ2n) is 8.69. The van der Waals surface area contributed by atoms with Gasteiger partial charge in [0.2, 0.25) is 11.8 Å². The van der Waals surface area contributed by atoms with Gasteiger partial charge in [0.05, 0.1) is 10.6 Å². The van der Waals surface area contributed by atoms with Crippen LogP contribution in [0.25, 0.3) is 0 Å². The van der Waals surface area contributed by atoms with Gasteiger partial charge < -0.3 is 10.6 Å². The molecule has 37 heavy (non-hydrogen) atoms. The summed E-state index contributed by atoms with van der Waals surface area (Å²) in [7, 11) is -3.92. The molecule has 2 N–H and O–H groups in total. The van der Waals surface area contributed by atoms with Crippen molar-refractivity contribution < 1.29 is 18.0 Å². The second-order valence-corrected chi connectivity index (χ2v) is 11.9. The summed E-state index contributed by atoms with van der Waals surface area (Å²) in [6.07, 6.45) is -0.00651. The van der Waals surface area contributed by atoms with E-state index in [1.807, 2.05) is 26.8 Å². The lowest BCUT2D eigenvalue weighted by Crippen LogP contribution is -2.36. The molecule has 0 spiro atoms. The van der Waals surface area contributed by atoms with Crippen LogP contribution in [0, 0.1) is 20.8 Å². The Balaban J connectivity index is 1.65. The highest BCUT2D eigenvalue weighted by Crippen LogP contribution is 2.27. The van der Waals surface area contributed by atoms with E-state index in [9.17, 15) is 18.0 Å². The van der Waals surface area contributed by atoms with Gasteiger partial charge >= 0.3 is 0 Å². The molecular formula is C27H29BrClN3O4S. The highest BCUT2D eigenvalue weighted by Gasteiger charge is 2.26. The van der Waals surface area contributed by atoms with Crippen molar-refractivity contribution in [1.82, 2.24) is 5.32 Å². The molecule has 0 bridgehead atoms. The SMILES string of the molecule is Cc1cc(C)cc(N(CCC(=O)NCCC(=O)Nc2cccc(Cl)c2C)S(=O)(=O)c2ccc(Br)cc2)c1. The molecule has 3 aromatic carbocycles. The third-order valence-corrected chi connectivity index (χ3v) is 8.43. The van der Waals surface area contributed by atoms with Crippen molar-refractivity contribution in [2.24, 2.45) is 0 Å².